The molecular weight excluding hydrogens is 353 g/mol. The van der Waals surface area contributed by atoms with E-state index in [9.17, 15) is 9.18 Å². The van der Waals surface area contributed by atoms with Crippen molar-refractivity contribution in [3.63, 3.8) is 0 Å². The quantitative estimate of drug-likeness (QED) is 0.652. The van der Waals surface area contributed by atoms with Crippen molar-refractivity contribution in [3.8, 4) is 11.5 Å². The van der Waals surface area contributed by atoms with Gasteiger partial charge in [-0.05, 0) is 43.2 Å². The molecule has 2 heterocycles. The number of thioether (sulfide) groups is 1. The maximum atomic E-state index is 13.3. The van der Waals surface area contributed by atoms with E-state index in [0.29, 0.717) is 5.56 Å². The molecule has 0 radical (unpaired) electrons. The summed E-state index contributed by atoms with van der Waals surface area (Å²) < 4.78 is 18.8. The fourth-order valence-electron chi connectivity index (χ4n) is 3.14. The molecule has 2 aromatic carbocycles. The molecule has 0 fully saturated rings. The van der Waals surface area contributed by atoms with Gasteiger partial charge in [0.05, 0.1) is 5.75 Å². The highest BCUT2D eigenvalue weighted by molar-refractivity contribution is 7.99. The van der Waals surface area contributed by atoms with Gasteiger partial charge in [0.25, 0.3) is 5.22 Å². The summed E-state index contributed by atoms with van der Waals surface area (Å²) >= 11 is 1.19. The second-order valence-corrected chi connectivity index (χ2v) is 7.04. The summed E-state index contributed by atoms with van der Waals surface area (Å²) in [5.74, 6) is 0.0627. The molecule has 5 nitrogen and oxygen atoms in total. The number of rotatable bonds is 4. The molecule has 3 aromatic rings. The summed E-state index contributed by atoms with van der Waals surface area (Å²) in [5.41, 5.74) is 2.67. The number of carbonyl (C=O) groups is 1. The van der Waals surface area contributed by atoms with Gasteiger partial charge < -0.3 is 9.32 Å². The van der Waals surface area contributed by atoms with E-state index in [1.165, 1.54) is 29.5 Å². The van der Waals surface area contributed by atoms with Gasteiger partial charge in [-0.2, -0.15) is 0 Å². The zero-order valence-corrected chi connectivity index (χ0v) is 14.9. The Labute approximate surface area is 154 Å². The van der Waals surface area contributed by atoms with E-state index in [1.807, 2.05) is 30.0 Å². The number of amides is 1. The standard InChI is InChI=1S/C19H16FN3O2S/c1-12-9-13-5-2-3-8-16(13)23(12)17(24)11-26-19-22-21-18(25-19)14-6-4-7-15(20)10-14/h2-8,10,12H,9,11H2,1H3. The summed E-state index contributed by atoms with van der Waals surface area (Å²) in [4.78, 5) is 14.5. The second kappa shape index (κ2) is 6.92. The maximum Gasteiger partial charge on any atom is 0.277 e. The van der Waals surface area contributed by atoms with E-state index in [-0.39, 0.29) is 34.6 Å². The first-order valence-electron chi connectivity index (χ1n) is 8.24. The number of carbonyl (C=O) groups excluding carboxylic acids is 1. The molecule has 1 aliphatic heterocycles. The molecule has 1 aromatic heterocycles. The number of aromatic nitrogens is 2. The molecule has 0 saturated heterocycles. The number of hydrogen-bond donors (Lipinski definition) is 0. The van der Waals surface area contributed by atoms with Gasteiger partial charge in [-0.3, -0.25) is 4.79 Å². The number of hydrogen-bond acceptors (Lipinski definition) is 5. The minimum atomic E-state index is -0.369. The molecule has 0 bridgehead atoms. The van der Waals surface area contributed by atoms with Crippen molar-refractivity contribution < 1.29 is 13.6 Å². The van der Waals surface area contributed by atoms with Crippen molar-refractivity contribution in [2.75, 3.05) is 10.7 Å². The summed E-state index contributed by atoms with van der Waals surface area (Å²) in [6.07, 6.45) is 0.858. The zero-order chi connectivity index (χ0) is 18.1. The van der Waals surface area contributed by atoms with E-state index >= 15 is 0 Å². The number of benzene rings is 2. The number of fused-ring (bicyclic) bond motifs is 1. The molecule has 0 aliphatic carbocycles. The molecule has 0 saturated carbocycles. The maximum absolute atomic E-state index is 13.3. The van der Waals surface area contributed by atoms with E-state index in [1.54, 1.807) is 12.1 Å². The Morgan fingerprint density at radius 1 is 1.27 bits per heavy atom. The van der Waals surface area contributed by atoms with Crippen LogP contribution in [-0.2, 0) is 11.2 Å². The minimum Gasteiger partial charge on any atom is -0.411 e. The first-order chi connectivity index (χ1) is 12.6. The third-order valence-electron chi connectivity index (χ3n) is 4.27. The molecule has 0 N–H and O–H groups in total. The van der Waals surface area contributed by atoms with Crippen molar-refractivity contribution in [1.82, 2.24) is 10.2 Å². The van der Waals surface area contributed by atoms with Crippen LogP contribution in [0.15, 0.2) is 58.2 Å². The first-order valence-corrected chi connectivity index (χ1v) is 9.22. The van der Waals surface area contributed by atoms with Crippen molar-refractivity contribution >= 4 is 23.4 Å². The average molecular weight is 369 g/mol. The molecule has 0 spiro atoms. The monoisotopic (exact) mass is 369 g/mol. The van der Waals surface area contributed by atoms with Crippen LogP contribution < -0.4 is 4.90 Å². The molecule has 26 heavy (non-hydrogen) atoms. The summed E-state index contributed by atoms with van der Waals surface area (Å²) in [6.45, 7) is 2.04. The Kier molecular flexibility index (Phi) is 4.46. The molecule has 1 aliphatic rings. The van der Waals surface area contributed by atoms with E-state index in [4.69, 9.17) is 4.42 Å². The Morgan fingerprint density at radius 2 is 2.12 bits per heavy atom. The van der Waals surface area contributed by atoms with Crippen LogP contribution in [0.4, 0.5) is 10.1 Å². The van der Waals surface area contributed by atoms with Crippen LogP contribution in [0.2, 0.25) is 0 Å². The topological polar surface area (TPSA) is 59.2 Å². The van der Waals surface area contributed by atoms with Gasteiger partial charge >= 0.3 is 0 Å². The fourth-order valence-corrected chi connectivity index (χ4v) is 3.77. The third-order valence-corrected chi connectivity index (χ3v) is 5.08. The largest absolute Gasteiger partial charge is 0.411 e. The van der Waals surface area contributed by atoms with Crippen molar-refractivity contribution in [1.29, 1.82) is 0 Å². The highest BCUT2D eigenvalue weighted by atomic mass is 32.2. The van der Waals surface area contributed by atoms with E-state index < -0.39 is 0 Å². The minimum absolute atomic E-state index is 0.00189. The van der Waals surface area contributed by atoms with Crippen LogP contribution in [0.5, 0.6) is 0 Å². The lowest BCUT2D eigenvalue weighted by Gasteiger charge is -2.22. The van der Waals surface area contributed by atoms with Gasteiger partial charge in [0.15, 0.2) is 0 Å². The first kappa shape index (κ1) is 16.8. The van der Waals surface area contributed by atoms with Crippen molar-refractivity contribution in [3.05, 3.63) is 59.9 Å². The molecule has 1 amide bonds. The summed E-state index contributed by atoms with van der Waals surface area (Å²) in [6, 6.07) is 14.0. The lowest BCUT2D eigenvalue weighted by Crippen LogP contribution is -2.36. The molecular formula is C19H16FN3O2S. The van der Waals surface area contributed by atoms with Crippen LogP contribution in [0, 0.1) is 5.82 Å². The van der Waals surface area contributed by atoms with E-state index in [0.717, 1.165) is 12.1 Å². The Balaban J connectivity index is 1.44. The average Bonchev–Trinajstić information content (AvgIpc) is 3.23. The second-order valence-electron chi connectivity index (χ2n) is 6.12. The van der Waals surface area contributed by atoms with E-state index in [2.05, 4.69) is 16.3 Å². The zero-order valence-electron chi connectivity index (χ0n) is 14.1. The fraction of sp³-hybridized carbons (Fsp3) is 0.211. The van der Waals surface area contributed by atoms with Crippen molar-refractivity contribution in [2.45, 2.75) is 24.6 Å². The normalized spacial score (nSPS) is 15.9. The number of halogens is 1. The lowest BCUT2D eigenvalue weighted by molar-refractivity contribution is -0.116. The van der Waals surface area contributed by atoms with Crippen molar-refractivity contribution in [2.24, 2.45) is 0 Å². The highest BCUT2D eigenvalue weighted by Gasteiger charge is 2.30. The molecule has 1 atom stereocenters. The summed E-state index contributed by atoms with van der Waals surface area (Å²) in [7, 11) is 0. The van der Waals surface area contributed by atoms with Gasteiger partial charge in [-0.15, -0.1) is 10.2 Å². The Hall–Kier alpha value is -2.67. The molecule has 4 rings (SSSR count). The molecule has 7 heteroatoms. The summed E-state index contributed by atoms with van der Waals surface area (Å²) in [5, 5.41) is 8.15. The van der Waals surface area contributed by atoms with Gasteiger partial charge in [-0.1, -0.05) is 36.0 Å². The predicted octanol–water partition coefficient (Wildman–Crippen LogP) is 3.95. The lowest BCUT2D eigenvalue weighted by atomic mass is 10.1. The van der Waals surface area contributed by atoms with Crippen LogP contribution >= 0.6 is 11.8 Å². The number of nitrogens with zero attached hydrogens (tertiary/aromatic N) is 3. The van der Waals surface area contributed by atoms with Gasteiger partial charge in [0, 0.05) is 17.3 Å². The van der Waals surface area contributed by atoms with Gasteiger partial charge in [-0.25, -0.2) is 4.39 Å². The predicted molar refractivity (Wildman–Crippen MR) is 97.5 cm³/mol. The molecule has 132 valence electrons. The van der Waals surface area contributed by atoms with Gasteiger partial charge in [0.1, 0.15) is 5.82 Å². The molecule has 1 unspecified atom stereocenters. The van der Waals surface area contributed by atoms with Crippen LogP contribution in [-0.4, -0.2) is 27.9 Å². The van der Waals surface area contributed by atoms with Crippen LogP contribution in [0.3, 0.4) is 0 Å². The SMILES string of the molecule is CC1Cc2ccccc2N1C(=O)CSc1nnc(-c2cccc(F)c2)o1. The van der Waals surface area contributed by atoms with Crippen LogP contribution in [0.1, 0.15) is 12.5 Å². The van der Waals surface area contributed by atoms with Crippen LogP contribution in [0.25, 0.3) is 11.5 Å². The number of anilines is 1. The third kappa shape index (κ3) is 3.22. The van der Waals surface area contributed by atoms with Gasteiger partial charge in [0.2, 0.25) is 11.8 Å². The Bertz CT molecular complexity index is 959. The number of para-hydroxylation sites is 1. The Morgan fingerprint density at radius 3 is 2.96 bits per heavy atom. The highest BCUT2D eigenvalue weighted by Crippen LogP contribution is 2.33. The smallest absolute Gasteiger partial charge is 0.277 e.